The normalized spacial score (nSPS) is 22.4. The molecular formula is C26H28ClN3O9S. The standard InChI is InChI=1S/C26H28ClN3O9S/c1-13-6-5-7-16(27)15(13)9-29-21(31)20-26(2,3)40-12-30(20)22(32)17-8-14(23(33)38-17)19(18-10-28-11-37-18)39-25(35)24(34)36-4/h5-7,10-11,14,17,19-20H,8-9,12H2,1-4H3,(H,29,31)/t14?,17-,19?,20+/m0/s1. The number of rotatable bonds is 7. The summed E-state index contributed by atoms with van der Waals surface area (Å²) in [7, 11) is 1.00. The Hall–Kier alpha value is -3.58. The molecule has 2 amide bonds. The van der Waals surface area contributed by atoms with E-state index < -0.39 is 52.7 Å². The molecule has 0 spiro atoms. The molecule has 14 heteroatoms. The largest absolute Gasteiger partial charge is 0.461 e. The van der Waals surface area contributed by atoms with Gasteiger partial charge in [0.15, 0.2) is 24.4 Å². The van der Waals surface area contributed by atoms with Gasteiger partial charge < -0.3 is 28.8 Å². The minimum Gasteiger partial charge on any atom is -0.461 e. The zero-order chi connectivity index (χ0) is 29.2. The molecule has 2 saturated heterocycles. The monoisotopic (exact) mass is 593 g/mol. The summed E-state index contributed by atoms with van der Waals surface area (Å²) in [6.07, 6.45) is -0.546. The molecule has 0 saturated carbocycles. The van der Waals surface area contributed by atoms with E-state index in [9.17, 15) is 24.0 Å². The van der Waals surface area contributed by atoms with E-state index in [2.05, 4.69) is 15.0 Å². The number of nitrogens with one attached hydrogen (secondary N) is 1. The summed E-state index contributed by atoms with van der Waals surface area (Å²) in [4.78, 5) is 68.8. The molecule has 2 aliphatic rings. The van der Waals surface area contributed by atoms with Gasteiger partial charge in [-0.15, -0.1) is 11.8 Å². The topological polar surface area (TPSA) is 154 Å². The Morgan fingerprint density at radius 3 is 2.67 bits per heavy atom. The van der Waals surface area contributed by atoms with Gasteiger partial charge in [0.1, 0.15) is 12.0 Å². The van der Waals surface area contributed by atoms with Crippen LogP contribution in [0.3, 0.4) is 0 Å². The van der Waals surface area contributed by atoms with Gasteiger partial charge in [0.2, 0.25) is 5.91 Å². The fraction of sp³-hybridized carbons (Fsp3) is 0.462. The molecule has 0 aliphatic carbocycles. The van der Waals surface area contributed by atoms with Gasteiger partial charge >= 0.3 is 17.9 Å². The van der Waals surface area contributed by atoms with Crippen molar-refractivity contribution in [1.82, 2.24) is 15.2 Å². The maximum Gasteiger partial charge on any atom is 0.418 e. The number of hydrogen-bond acceptors (Lipinski definition) is 11. The molecule has 4 rings (SSSR count). The number of carbonyl (C=O) groups excluding carboxylic acids is 5. The number of amides is 2. The highest BCUT2D eigenvalue weighted by atomic mass is 35.5. The lowest BCUT2D eigenvalue weighted by molar-refractivity contribution is -0.173. The Labute approximate surface area is 239 Å². The summed E-state index contributed by atoms with van der Waals surface area (Å²) in [6, 6.07) is 4.57. The van der Waals surface area contributed by atoms with Gasteiger partial charge in [0, 0.05) is 22.7 Å². The molecule has 2 unspecified atom stereocenters. The lowest BCUT2D eigenvalue weighted by Gasteiger charge is -2.31. The van der Waals surface area contributed by atoms with Crippen LogP contribution in [0.2, 0.25) is 5.02 Å². The van der Waals surface area contributed by atoms with Gasteiger partial charge in [-0.2, -0.15) is 0 Å². The number of halogens is 1. The van der Waals surface area contributed by atoms with Crippen LogP contribution in [0.1, 0.15) is 43.3 Å². The Balaban J connectivity index is 1.50. The van der Waals surface area contributed by atoms with Crippen LogP contribution in [0.15, 0.2) is 35.2 Å². The second-order valence-electron chi connectivity index (χ2n) is 9.83. The van der Waals surface area contributed by atoms with Crippen molar-refractivity contribution in [2.24, 2.45) is 5.92 Å². The number of benzene rings is 1. The third-order valence-electron chi connectivity index (χ3n) is 6.86. The Morgan fingerprint density at radius 1 is 1.27 bits per heavy atom. The van der Waals surface area contributed by atoms with Gasteiger partial charge in [-0.25, -0.2) is 14.6 Å². The number of cyclic esters (lactones) is 1. The number of methoxy groups -OCH3 is 1. The smallest absolute Gasteiger partial charge is 0.418 e. The summed E-state index contributed by atoms with van der Waals surface area (Å²) in [5, 5.41) is 3.41. The second-order valence-corrected chi connectivity index (χ2v) is 11.8. The number of esters is 3. The van der Waals surface area contributed by atoms with Crippen LogP contribution in [-0.4, -0.2) is 69.5 Å². The number of nitrogens with zero attached hydrogens (tertiary/aromatic N) is 2. The van der Waals surface area contributed by atoms with Gasteiger partial charge in [-0.1, -0.05) is 23.7 Å². The highest BCUT2D eigenvalue weighted by Gasteiger charge is 2.53. The summed E-state index contributed by atoms with van der Waals surface area (Å²) < 4.78 is 19.5. The number of ether oxygens (including phenoxy) is 3. The SMILES string of the molecule is COC(=O)C(=O)OC(c1cnco1)C1C[C@@H](C(=O)N2CSC(C)(C)[C@H]2C(=O)NCc2c(C)cccc2Cl)OC1=O. The molecule has 1 aromatic heterocycles. The van der Waals surface area contributed by atoms with E-state index in [-0.39, 0.29) is 30.5 Å². The molecule has 2 aromatic rings. The van der Waals surface area contributed by atoms with Crippen molar-refractivity contribution < 1.29 is 42.6 Å². The minimum atomic E-state index is -1.39. The Bertz CT molecular complexity index is 1300. The maximum atomic E-state index is 13.6. The average Bonchev–Trinajstić information content (AvgIpc) is 3.65. The first-order valence-corrected chi connectivity index (χ1v) is 13.6. The number of aryl methyl sites for hydroxylation is 1. The van der Waals surface area contributed by atoms with Crippen LogP contribution in [0.5, 0.6) is 0 Å². The highest BCUT2D eigenvalue weighted by Crippen LogP contribution is 2.42. The van der Waals surface area contributed by atoms with Gasteiger partial charge in [-0.05, 0) is 38.0 Å². The van der Waals surface area contributed by atoms with Crippen LogP contribution in [0.25, 0.3) is 0 Å². The molecule has 1 N–H and O–H groups in total. The number of carbonyl (C=O) groups is 5. The first-order valence-electron chi connectivity index (χ1n) is 12.3. The van der Waals surface area contributed by atoms with E-state index in [1.54, 1.807) is 6.07 Å². The average molecular weight is 594 g/mol. The van der Waals surface area contributed by atoms with Crippen molar-refractivity contribution in [2.75, 3.05) is 13.0 Å². The molecular weight excluding hydrogens is 566 g/mol. The molecule has 1 aromatic carbocycles. The second kappa shape index (κ2) is 11.9. The third kappa shape index (κ3) is 5.94. The molecule has 2 fully saturated rings. The molecule has 2 aliphatic heterocycles. The zero-order valence-electron chi connectivity index (χ0n) is 22.2. The van der Waals surface area contributed by atoms with Gasteiger partial charge in [-0.3, -0.25) is 14.4 Å². The number of thioether (sulfide) groups is 1. The van der Waals surface area contributed by atoms with E-state index in [1.807, 2.05) is 32.9 Å². The first kappa shape index (κ1) is 29.4. The van der Waals surface area contributed by atoms with Gasteiger partial charge in [0.25, 0.3) is 5.91 Å². The van der Waals surface area contributed by atoms with Crippen molar-refractivity contribution in [3.63, 3.8) is 0 Å². The Kier molecular flexibility index (Phi) is 8.74. The minimum absolute atomic E-state index is 0.0164. The quantitative estimate of drug-likeness (QED) is 0.286. The Morgan fingerprint density at radius 2 is 2.02 bits per heavy atom. The van der Waals surface area contributed by atoms with E-state index in [0.29, 0.717) is 5.02 Å². The fourth-order valence-corrected chi connectivity index (χ4v) is 6.14. The van der Waals surface area contributed by atoms with Crippen LogP contribution in [-0.2, 0) is 44.7 Å². The van der Waals surface area contributed by atoms with E-state index in [4.69, 9.17) is 25.5 Å². The molecule has 12 nitrogen and oxygen atoms in total. The number of aromatic nitrogens is 1. The van der Waals surface area contributed by atoms with E-state index in [1.165, 1.54) is 22.9 Å². The molecule has 4 atom stereocenters. The van der Waals surface area contributed by atoms with E-state index in [0.717, 1.165) is 24.6 Å². The van der Waals surface area contributed by atoms with Crippen molar-refractivity contribution in [1.29, 1.82) is 0 Å². The van der Waals surface area contributed by atoms with Crippen LogP contribution >= 0.6 is 23.4 Å². The zero-order valence-corrected chi connectivity index (χ0v) is 23.7. The van der Waals surface area contributed by atoms with Crippen LogP contribution < -0.4 is 5.32 Å². The lowest BCUT2D eigenvalue weighted by Crippen LogP contribution is -2.55. The first-order chi connectivity index (χ1) is 18.9. The van der Waals surface area contributed by atoms with Crippen molar-refractivity contribution >= 4 is 53.1 Å². The molecule has 0 radical (unpaired) electrons. The lowest BCUT2D eigenvalue weighted by atomic mass is 9.95. The summed E-state index contributed by atoms with van der Waals surface area (Å²) in [5.74, 6) is -5.41. The highest BCUT2D eigenvalue weighted by molar-refractivity contribution is 8.00. The predicted molar refractivity (Wildman–Crippen MR) is 141 cm³/mol. The third-order valence-corrected chi connectivity index (χ3v) is 8.59. The van der Waals surface area contributed by atoms with Crippen LogP contribution in [0, 0.1) is 12.8 Å². The van der Waals surface area contributed by atoms with Crippen molar-refractivity contribution in [2.45, 2.75) is 56.7 Å². The van der Waals surface area contributed by atoms with E-state index >= 15 is 0 Å². The summed E-state index contributed by atoms with van der Waals surface area (Å²) in [6.45, 7) is 5.77. The molecule has 40 heavy (non-hydrogen) atoms. The van der Waals surface area contributed by atoms with Crippen molar-refractivity contribution in [3.8, 4) is 0 Å². The summed E-state index contributed by atoms with van der Waals surface area (Å²) >= 11 is 7.72. The molecule has 214 valence electrons. The molecule has 3 heterocycles. The number of oxazole rings is 1. The number of hydrogen-bond donors (Lipinski definition) is 1. The fourth-order valence-electron chi connectivity index (χ4n) is 4.71. The van der Waals surface area contributed by atoms with Gasteiger partial charge in [0.05, 0.1) is 19.2 Å². The molecule has 0 bridgehead atoms. The summed E-state index contributed by atoms with van der Waals surface area (Å²) in [5.41, 5.74) is 1.69. The predicted octanol–water partition coefficient (Wildman–Crippen LogP) is 2.32. The maximum absolute atomic E-state index is 13.6. The van der Waals surface area contributed by atoms with Crippen molar-refractivity contribution in [3.05, 3.63) is 52.7 Å². The van der Waals surface area contributed by atoms with Crippen LogP contribution in [0.4, 0.5) is 0 Å².